The van der Waals surface area contributed by atoms with E-state index in [1.165, 1.54) is 12.6 Å². The number of ether oxygens (including phenoxy) is 1. The van der Waals surface area contributed by atoms with Crippen LogP contribution in [0.1, 0.15) is 36.8 Å². The lowest BCUT2D eigenvalue weighted by Gasteiger charge is -2.30. The molecule has 0 amide bonds. The van der Waals surface area contributed by atoms with Crippen molar-refractivity contribution in [3.05, 3.63) is 48.1 Å². The maximum atomic E-state index is 14.7. The number of aromatic amines is 1. The van der Waals surface area contributed by atoms with Crippen molar-refractivity contribution in [2.75, 3.05) is 31.6 Å². The third kappa shape index (κ3) is 4.28. The molecule has 31 heavy (non-hydrogen) atoms. The zero-order valence-corrected chi connectivity index (χ0v) is 17.6. The van der Waals surface area contributed by atoms with Crippen LogP contribution in [0.15, 0.2) is 30.7 Å². The summed E-state index contributed by atoms with van der Waals surface area (Å²) in [5.74, 6) is 0.857. The highest BCUT2D eigenvalue weighted by molar-refractivity contribution is 5.57. The first kappa shape index (κ1) is 20.0. The Morgan fingerprint density at radius 1 is 1.23 bits per heavy atom. The van der Waals surface area contributed by atoms with Crippen LogP contribution in [0.5, 0.6) is 0 Å². The predicted molar refractivity (Wildman–Crippen MR) is 113 cm³/mol. The Labute approximate surface area is 180 Å². The molecule has 0 spiro atoms. The van der Waals surface area contributed by atoms with Crippen LogP contribution >= 0.6 is 0 Å². The number of hydrogen-bond acceptors (Lipinski definition) is 6. The molecule has 2 aliphatic heterocycles. The number of imidazole rings is 1. The second-order valence-corrected chi connectivity index (χ2v) is 8.16. The van der Waals surface area contributed by atoms with Gasteiger partial charge in [-0.25, -0.2) is 23.9 Å². The average Bonchev–Trinajstić information content (AvgIpc) is 3.15. The summed E-state index contributed by atoms with van der Waals surface area (Å²) in [7, 11) is 0. The van der Waals surface area contributed by atoms with Crippen LogP contribution in [0.4, 0.5) is 16.0 Å². The van der Waals surface area contributed by atoms with Crippen molar-refractivity contribution in [1.29, 1.82) is 0 Å². The molecule has 5 rings (SSSR count). The highest BCUT2D eigenvalue weighted by atomic mass is 19.1. The Kier molecular flexibility index (Phi) is 5.61. The van der Waals surface area contributed by atoms with E-state index in [1.54, 1.807) is 6.20 Å². The molecule has 2 saturated heterocycles. The molecule has 3 aromatic heterocycles. The second kappa shape index (κ2) is 8.68. The van der Waals surface area contributed by atoms with Gasteiger partial charge in [0.1, 0.15) is 12.2 Å². The summed E-state index contributed by atoms with van der Waals surface area (Å²) in [5, 5.41) is 3.15. The van der Waals surface area contributed by atoms with Gasteiger partial charge in [-0.15, -0.1) is 0 Å². The Hall–Kier alpha value is -2.91. The van der Waals surface area contributed by atoms with Gasteiger partial charge < -0.3 is 10.1 Å². The largest absolute Gasteiger partial charge is 0.381 e. The van der Waals surface area contributed by atoms with Gasteiger partial charge in [-0.3, -0.25) is 9.88 Å². The zero-order chi connectivity index (χ0) is 21.2. The van der Waals surface area contributed by atoms with E-state index in [2.05, 4.69) is 34.7 Å². The predicted octanol–water partition coefficient (Wildman–Crippen LogP) is 2.90. The highest BCUT2D eigenvalue weighted by Crippen LogP contribution is 2.24. The molecule has 0 aliphatic carbocycles. The molecular formula is C22H27FN7O+. The number of nitrogens with one attached hydrogen (secondary N) is 2. The van der Waals surface area contributed by atoms with E-state index in [0.717, 1.165) is 55.4 Å². The molecule has 9 heteroatoms. The molecule has 0 saturated carbocycles. The summed E-state index contributed by atoms with van der Waals surface area (Å²) < 4.78 is 22.4. The number of pyridine rings is 1. The normalized spacial score (nSPS) is 17.5. The Balaban J connectivity index is 1.37. The second-order valence-electron chi connectivity index (χ2n) is 8.16. The molecule has 0 unspecified atom stereocenters. The van der Waals surface area contributed by atoms with Crippen molar-refractivity contribution in [2.45, 2.75) is 38.8 Å². The smallest absolute Gasteiger partial charge is 0.251 e. The first-order valence-electron chi connectivity index (χ1n) is 10.8. The lowest BCUT2D eigenvalue weighted by molar-refractivity contribution is -0.721. The number of likely N-dealkylation sites (tertiary alicyclic amines) is 1. The first-order chi connectivity index (χ1) is 15.2. The van der Waals surface area contributed by atoms with Crippen LogP contribution in [0, 0.1) is 12.7 Å². The number of halogens is 1. The number of anilines is 2. The molecule has 5 heterocycles. The van der Waals surface area contributed by atoms with Gasteiger partial charge in [0.15, 0.2) is 17.2 Å². The standard InChI is InChI=1S/C22H26FN7O/c1-15-24-13-20(30(15)18-5-9-31-10-6-18)21-19(23)12-26-22(28-21)27-16-3-4-17(25-11-16)14-29-7-2-8-29/h3-4,11-13,18H,2,5-10,14H2,1H3,(H,26,27,28)/p+1. The summed E-state index contributed by atoms with van der Waals surface area (Å²) in [5.41, 5.74) is 2.80. The van der Waals surface area contributed by atoms with Crippen LogP contribution in [-0.4, -0.2) is 51.1 Å². The molecule has 3 aromatic rings. The van der Waals surface area contributed by atoms with Gasteiger partial charge >= 0.3 is 0 Å². The van der Waals surface area contributed by atoms with Gasteiger partial charge in [-0.1, -0.05) is 0 Å². The fourth-order valence-corrected chi connectivity index (χ4v) is 4.19. The number of rotatable bonds is 6. The molecule has 162 valence electrons. The summed E-state index contributed by atoms with van der Waals surface area (Å²) in [6.45, 7) is 6.56. The van der Waals surface area contributed by atoms with Crippen molar-refractivity contribution in [3.8, 4) is 11.4 Å². The Morgan fingerprint density at radius 2 is 2.06 bits per heavy atom. The third-order valence-electron chi connectivity index (χ3n) is 6.00. The lowest BCUT2D eigenvalue weighted by Crippen LogP contribution is -2.45. The monoisotopic (exact) mass is 424 g/mol. The third-order valence-corrected chi connectivity index (χ3v) is 6.00. The lowest BCUT2D eigenvalue weighted by atomic mass is 10.1. The molecule has 2 N–H and O–H groups in total. The molecule has 2 fully saturated rings. The van der Waals surface area contributed by atoms with Crippen LogP contribution in [-0.2, 0) is 11.3 Å². The summed E-state index contributed by atoms with van der Waals surface area (Å²) >= 11 is 0. The molecule has 0 aromatic carbocycles. The van der Waals surface area contributed by atoms with Crippen molar-refractivity contribution in [1.82, 2.24) is 24.8 Å². The van der Waals surface area contributed by atoms with E-state index in [1.807, 2.05) is 25.3 Å². The highest BCUT2D eigenvalue weighted by Gasteiger charge is 2.29. The van der Waals surface area contributed by atoms with E-state index < -0.39 is 5.82 Å². The molecular weight excluding hydrogens is 397 g/mol. The fraction of sp³-hybridized carbons (Fsp3) is 0.455. The van der Waals surface area contributed by atoms with Crippen molar-refractivity contribution in [3.63, 3.8) is 0 Å². The fourth-order valence-electron chi connectivity index (χ4n) is 4.19. The number of hydrogen-bond donors (Lipinski definition) is 2. The summed E-state index contributed by atoms with van der Waals surface area (Å²) in [6, 6.07) is 4.21. The number of nitrogens with zero attached hydrogens (tertiary/aromatic N) is 5. The first-order valence-corrected chi connectivity index (χ1v) is 10.8. The van der Waals surface area contributed by atoms with Gasteiger partial charge in [0.05, 0.1) is 37.0 Å². The quantitative estimate of drug-likeness (QED) is 0.592. The minimum Gasteiger partial charge on any atom is -0.381 e. The van der Waals surface area contributed by atoms with Crippen molar-refractivity contribution in [2.24, 2.45) is 0 Å². The topological polar surface area (TPSA) is 82.8 Å². The molecule has 8 nitrogen and oxygen atoms in total. The van der Waals surface area contributed by atoms with Crippen molar-refractivity contribution < 1.29 is 13.7 Å². The van der Waals surface area contributed by atoms with Crippen LogP contribution < -0.4 is 9.88 Å². The van der Waals surface area contributed by atoms with Crippen LogP contribution in [0.25, 0.3) is 11.4 Å². The minimum atomic E-state index is -0.451. The Morgan fingerprint density at radius 3 is 2.77 bits per heavy atom. The SMILES string of the molecule is Cc1[nH]cc(-c2nc(Nc3ccc(CN4CCC4)nc3)ncc2F)[n+]1C1CCOCC1. The molecule has 0 atom stereocenters. The van der Waals surface area contributed by atoms with E-state index >= 15 is 0 Å². The van der Waals surface area contributed by atoms with Gasteiger partial charge in [-0.2, -0.15) is 0 Å². The van der Waals surface area contributed by atoms with E-state index in [-0.39, 0.29) is 11.7 Å². The maximum Gasteiger partial charge on any atom is 0.251 e. The van der Waals surface area contributed by atoms with Gasteiger partial charge in [0.25, 0.3) is 5.82 Å². The van der Waals surface area contributed by atoms with Crippen LogP contribution in [0.3, 0.4) is 0 Å². The van der Waals surface area contributed by atoms with E-state index in [0.29, 0.717) is 19.2 Å². The number of aromatic nitrogens is 5. The number of H-pyrrole nitrogens is 1. The van der Waals surface area contributed by atoms with E-state index in [4.69, 9.17) is 4.74 Å². The van der Waals surface area contributed by atoms with Gasteiger partial charge in [0, 0.05) is 26.3 Å². The van der Waals surface area contributed by atoms with Crippen LogP contribution in [0.2, 0.25) is 0 Å². The summed E-state index contributed by atoms with van der Waals surface area (Å²) in [6.07, 6.45) is 7.84. The average molecular weight is 425 g/mol. The molecule has 0 radical (unpaired) electrons. The number of aryl methyl sites for hydroxylation is 1. The molecule has 0 bridgehead atoms. The zero-order valence-electron chi connectivity index (χ0n) is 17.6. The minimum absolute atomic E-state index is 0.254. The van der Waals surface area contributed by atoms with Gasteiger partial charge in [0.2, 0.25) is 5.95 Å². The Bertz CT molecular complexity index is 1040. The van der Waals surface area contributed by atoms with Crippen molar-refractivity contribution >= 4 is 11.6 Å². The molecule has 2 aliphatic rings. The van der Waals surface area contributed by atoms with Gasteiger partial charge in [-0.05, 0) is 31.6 Å². The van der Waals surface area contributed by atoms with E-state index in [9.17, 15) is 4.39 Å². The maximum absolute atomic E-state index is 14.7. The summed E-state index contributed by atoms with van der Waals surface area (Å²) in [4.78, 5) is 18.7.